The van der Waals surface area contributed by atoms with Crippen LogP contribution in [0.15, 0.2) is 42.5 Å². The van der Waals surface area contributed by atoms with Crippen molar-refractivity contribution in [2.45, 2.75) is 51.8 Å². The molecule has 4 N–H and O–H groups in total. The monoisotopic (exact) mass is 616 g/mol. The lowest BCUT2D eigenvalue weighted by atomic mass is 9.96. The summed E-state index contributed by atoms with van der Waals surface area (Å²) in [7, 11) is 1.16. The summed E-state index contributed by atoms with van der Waals surface area (Å²) in [6.07, 6.45) is 0.411. The molecule has 0 aromatic heterocycles. The Balaban J connectivity index is 1.54. The topological polar surface area (TPSA) is 163 Å². The lowest BCUT2D eigenvalue weighted by Gasteiger charge is -2.33. The molecule has 0 aliphatic carbocycles. The summed E-state index contributed by atoms with van der Waals surface area (Å²) in [5.74, 6) is -2.53. The lowest BCUT2D eigenvalue weighted by molar-refractivity contribution is -0.142. The Morgan fingerprint density at radius 2 is 1.72 bits per heavy atom. The lowest BCUT2D eigenvalue weighted by Crippen LogP contribution is -2.51. The predicted octanol–water partition coefficient (Wildman–Crippen LogP) is 3.01. The molecule has 1 atom stereocenters. The van der Waals surface area contributed by atoms with E-state index in [9.17, 15) is 29.1 Å². The molecule has 0 unspecified atom stereocenters. The second-order valence-corrected chi connectivity index (χ2v) is 11.5. The maximum atomic E-state index is 13.0. The number of hydrogen-bond acceptors (Lipinski definition) is 8. The van der Waals surface area contributed by atoms with Crippen molar-refractivity contribution in [3.63, 3.8) is 0 Å². The van der Waals surface area contributed by atoms with Gasteiger partial charge in [0.25, 0.3) is 11.8 Å². The van der Waals surface area contributed by atoms with Crippen LogP contribution in [0, 0.1) is 5.92 Å². The minimum absolute atomic E-state index is 0.0148. The average Bonchev–Trinajstić information content (AvgIpc) is 2.96. The highest BCUT2D eigenvalue weighted by atomic mass is 35.5. The number of nitrogens with zero attached hydrogens (tertiary/aromatic N) is 1. The number of amides is 4. The minimum atomic E-state index is -1.20. The summed E-state index contributed by atoms with van der Waals surface area (Å²) in [5.41, 5.74) is 0.300. The summed E-state index contributed by atoms with van der Waals surface area (Å²) >= 11 is 6.30. The van der Waals surface area contributed by atoms with E-state index < -0.39 is 35.5 Å². The van der Waals surface area contributed by atoms with E-state index in [2.05, 4.69) is 16.0 Å². The highest BCUT2D eigenvalue weighted by Gasteiger charge is 2.31. The summed E-state index contributed by atoms with van der Waals surface area (Å²) in [4.78, 5) is 64.6. The molecule has 1 aliphatic heterocycles. The van der Waals surface area contributed by atoms with Gasteiger partial charge in [0.1, 0.15) is 17.4 Å². The summed E-state index contributed by atoms with van der Waals surface area (Å²) in [5, 5.41) is 17.5. The number of benzene rings is 2. The number of esters is 1. The third-order valence-corrected chi connectivity index (χ3v) is 6.94. The number of hydrogen-bond donors (Lipinski definition) is 4. The standard InChI is InChI=1S/C30H37ClN4O8/c1-30(2,3)43-29(41)35-12-10-19(11-13-35)25(37)33-17-24(28(40)42-4)34-27(39)22-9-8-20(15-23(22)31)26(38)32-16-18-6-5-7-21(36)14-18/h5-9,14-15,19,24,36H,10-13,16-17H2,1-4H3,(H,32,38)(H,33,37)(H,34,39)/t24-/m0/s1. The van der Waals surface area contributed by atoms with E-state index in [4.69, 9.17) is 21.1 Å². The number of nitrogens with one attached hydrogen (secondary N) is 3. The minimum Gasteiger partial charge on any atom is -0.508 e. The molecule has 0 radical (unpaired) electrons. The second-order valence-electron chi connectivity index (χ2n) is 11.1. The molecule has 1 heterocycles. The fourth-order valence-corrected chi connectivity index (χ4v) is 4.63. The molecule has 0 spiro atoms. The van der Waals surface area contributed by atoms with Crippen LogP contribution in [0.1, 0.15) is 59.9 Å². The number of piperidine rings is 1. The molecule has 1 saturated heterocycles. The molecule has 13 heteroatoms. The number of aromatic hydroxyl groups is 1. The molecule has 1 fully saturated rings. The summed E-state index contributed by atoms with van der Waals surface area (Å²) < 4.78 is 10.2. The molecule has 12 nitrogen and oxygen atoms in total. The molecule has 232 valence electrons. The van der Waals surface area contributed by atoms with Crippen molar-refractivity contribution in [1.29, 1.82) is 0 Å². The summed E-state index contributed by atoms with van der Waals surface area (Å²) in [6.45, 7) is 6.00. The predicted molar refractivity (Wildman–Crippen MR) is 158 cm³/mol. The van der Waals surface area contributed by atoms with Crippen LogP contribution in [-0.2, 0) is 25.6 Å². The molecule has 4 amide bonds. The highest BCUT2D eigenvalue weighted by molar-refractivity contribution is 6.34. The average molecular weight is 617 g/mol. The van der Waals surface area contributed by atoms with Gasteiger partial charge in [0.05, 0.1) is 17.7 Å². The van der Waals surface area contributed by atoms with Crippen molar-refractivity contribution in [3.05, 3.63) is 64.2 Å². The fraction of sp³-hybridized carbons (Fsp3) is 0.433. The van der Waals surface area contributed by atoms with Crippen LogP contribution in [0.5, 0.6) is 5.75 Å². The van der Waals surface area contributed by atoms with Crippen LogP contribution in [-0.4, -0.2) is 78.2 Å². The number of carbonyl (C=O) groups excluding carboxylic acids is 5. The highest BCUT2D eigenvalue weighted by Crippen LogP contribution is 2.21. The van der Waals surface area contributed by atoms with Crippen molar-refractivity contribution in [2.24, 2.45) is 5.92 Å². The van der Waals surface area contributed by atoms with Crippen LogP contribution in [0.3, 0.4) is 0 Å². The molecule has 3 rings (SSSR count). The largest absolute Gasteiger partial charge is 0.508 e. The SMILES string of the molecule is COC(=O)[C@H](CNC(=O)C1CCN(C(=O)OC(C)(C)C)CC1)NC(=O)c1ccc(C(=O)NCc2cccc(O)c2)cc1Cl. The number of ether oxygens (including phenoxy) is 2. The zero-order valence-corrected chi connectivity index (χ0v) is 25.3. The Hall–Kier alpha value is -4.32. The van der Waals surface area contributed by atoms with Crippen molar-refractivity contribution in [1.82, 2.24) is 20.9 Å². The van der Waals surface area contributed by atoms with Gasteiger partial charge >= 0.3 is 12.1 Å². The third-order valence-electron chi connectivity index (χ3n) is 6.63. The quantitative estimate of drug-likeness (QED) is 0.312. The van der Waals surface area contributed by atoms with Crippen LogP contribution in [0.4, 0.5) is 4.79 Å². The summed E-state index contributed by atoms with van der Waals surface area (Å²) in [6, 6.07) is 9.34. The van der Waals surface area contributed by atoms with Crippen LogP contribution in [0.25, 0.3) is 0 Å². The molecular formula is C30H37ClN4O8. The van der Waals surface area contributed by atoms with Crippen molar-refractivity contribution < 1.29 is 38.6 Å². The zero-order chi connectivity index (χ0) is 31.7. The van der Waals surface area contributed by atoms with Crippen molar-refractivity contribution in [2.75, 3.05) is 26.7 Å². The second kappa shape index (κ2) is 14.7. The van der Waals surface area contributed by atoms with Gasteiger partial charge in [-0.1, -0.05) is 23.7 Å². The Morgan fingerprint density at radius 1 is 1.02 bits per heavy atom. The van der Waals surface area contributed by atoms with E-state index in [1.54, 1.807) is 37.8 Å². The van der Waals surface area contributed by atoms with Gasteiger partial charge < -0.3 is 35.4 Å². The Kier molecular flexibility index (Phi) is 11.4. The van der Waals surface area contributed by atoms with E-state index in [0.29, 0.717) is 31.5 Å². The number of halogens is 1. The third kappa shape index (κ3) is 9.88. The van der Waals surface area contributed by atoms with E-state index in [1.165, 1.54) is 30.3 Å². The number of phenolic OH excluding ortho intramolecular Hbond substituents is 1. The van der Waals surface area contributed by atoms with Gasteiger partial charge in [-0.25, -0.2) is 9.59 Å². The van der Waals surface area contributed by atoms with Gasteiger partial charge in [-0.05, 0) is 69.5 Å². The molecule has 2 aromatic rings. The number of rotatable bonds is 9. The molecule has 43 heavy (non-hydrogen) atoms. The van der Waals surface area contributed by atoms with Crippen molar-refractivity contribution in [3.8, 4) is 5.75 Å². The maximum absolute atomic E-state index is 13.0. The van der Waals surface area contributed by atoms with E-state index in [-0.39, 0.29) is 46.8 Å². The Morgan fingerprint density at radius 3 is 2.33 bits per heavy atom. The maximum Gasteiger partial charge on any atom is 0.410 e. The number of carbonyl (C=O) groups is 5. The first-order valence-corrected chi connectivity index (χ1v) is 14.1. The number of phenols is 1. The zero-order valence-electron chi connectivity index (χ0n) is 24.6. The number of methoxy groups -OCH3 is 1. The van der Waals surface area contributed by atoms with Crippen molar-refractivity contribution >= 4 is 41.4 Å². The first kappa shape index (κ1) is 33.2. The molecular weight excluding hydrogens is 580 g/mol. The Labute approximate surface area is 255 Å². The molecule has 0 bridgehead atoms. The van der Waals surface area contributed by atoms with Gasteiger partial charge in [0, 0.05) is 37.7 Å². The van der Waals surface area contributed by atoms with Gasteiger partial charge in [0.15, 0.2) is 0 Å². The number of likely N-dealkylation sites (tertiary alicyclic amines) is 1. The van der Waals surface area contributed by atoms with Gasteiger partial charge in [0.2, 0.25) is 5.91 Å². The van der Waals surface area contributed by atoms with E-state index >= 15 is 0 Å². The smallest absolute Gasteiger partial charge is 0.410 e. The van der Waals surface area contributed by atoms with Crippen LogP contribution < -0.4 is 16.0 Å². The van der Waals surface area contributed by atoms with Crippen LogP contribution >= 0.6 is 11.6 Å². The first-order valence-electron chi connectivity index (χ1n) is 13.8. The Bertz CT molecular complexity index is 1350. The first-order chi connectivity index (χ1) is 20.3. The van der Waals surface area contributed by atoms with E-state index in [1.807, 2.05) is 0 Å². The van der Waals surface area contributed by atoms with Gasteiger partial charge in [-0.2, -0.15) is 0 Å². The normalized spacial score (nSPS) is 14.3. The van der Waals surface area contributed by atoms with Gasteiger partial charge in [-0.3, -0.25) is 14.4 Å². The van der Waals surface area contributed by atoms with Crippen LogP contribution in [0.2, 0.25) is 5.02 Å². The van der Waals surface area contributed by atoms with Gasteiger partial charge in [-0.15, -0.1) is 0 Å². The van der Waals surface area contributed by atoms with E-state index in [0.717, 1.165) is 7.11 Å². The molecule has 2 aromatic carbocycles. The molecule has 0 saturated carbocycles. The fourth-order valence-electron chi connectivity index (χ4n) is 4.36. The molecule has 1 aliphatic rings.